The molecule has 0 aliphatic rings. The molecule has 0 fully saturated rings. The molecule has 0 saturated carbocycles. The summed E-state index contributed by atoms with van der Waals surface area (Å²) in [5.74, 6) is 1.58. The van der Waals surface area contributed by atoms with Crippen LogP contribution in [0.4, 0.5) is 0 Å². The number of hydrogen-bond acceptors (Lipinski definition) is 2. The summed E-state index contributed by atoms with van der Waals surface area (Å²) >= 11 is -0.935. The lowest BCUT2D eigenvalue weighted by atomic mass is 10.3. The largest absolute Gasteiger partial charge is 0.500 e. The fourth-order valence-corrected chi connectivity index (χ4v) is 4.69. The summed E-state index contributed by atoms with van der Waals surface area (Å²) in [5.41, 5.74) is 0. The van der Waals surface area contributed by atoms with Gasteiger partial charge in [-0.2, -0.15) is 0 Å². The molecule has 0 aliphatic heterocycles. The van der Waals surface area contributed by atoms with E-state index in [2.05, 4.69) is 46.7 Å². The van der Waals surface area contributed by atoms with E-state index in [1.54, 1.807) is 0 Å². The van der Waals surface area contributed by atoms with Gasteiger partial charge in [-0.1, -0.05) is 50.1 Å². The van der Waals surface area contributed by atoms with Crippen LogP contribution in [0.25, 0.3) is 0 Å². The first kappa shape index (κ1) is 15.5. The number of hydrogen-bond donors (Lipinski definition) is 0. The Kier molecular flexibility index (Phi) is 8.85. The Balaban J connectivity index is 3.79. The van der Waals surface area contributed by atoms with Gasteiger partial charge in [0.25, 0.3) is 0 Å². The fourth-order valence-electron chi connectivity index (χ4n) is 1.69. The molecular formula is C12H28AlNO. The average molecular weight is 229 g/mol. The van der Waals surface area contributed by atoms with Crippen LogP contribution < -0.4 is 0 Å². The smallest absolute Gasteiger partial charge is 0.461 e. The van der Waals surface area contributed by atoms with Crippen molar-refractivity contribution in [3.05, 3.63) is 0 Å². The Bertz CT molecular complexity index is 139. The summed E-state index contributed by atoms with van der Waals surface area (Å²) in [6, 6.07) is 0. The Morgan fingerprint density at radius 2 is 1.47 bits per heavy atom. The SMILES string of the molecule is CC(C)[CH2][Al]([CH2]C(C)C)[O]CCN(C)C. The molecule has 0 bridgehead atoms. The highest BCUT2D eigenvalue weighted by atomic mass is 27.2. The zero-order chi connectivity index (χ0) is 11.8. The fraction of sp³-hybridized carbons (Fsp3) is 1.00. The normalized spacial score (nSPS) is 11.8. The maximum Gasteiger partial charge on any atom is 0.461 e. The lowest BCUT2D eigenvalue weighted by Crippen LogP contribution is -2.27. The molecule has 0 amide bonds. The van der Waals surface area contributed by atoms with Gasteiger partial charge in [0.1, 0.15) is 0 Å². The summed E-state index contributed by atoms with van der Waals surface area (Å²) in [4.78, 5) is 2.19. The van der Waals surface area contributed by atoms with E-state index in [0.29, 0.717) is 0 Å². The van der Waals surface area contributed by atoms with E-state index in [-0.39, 0.29) is 0 Å². The van der Waals surface area contributed by atoms with E-state index in [4.69, 9.17) is 3.79 Å². The summed E-state index contributed by atoms with van der Waals surface area (Å²) < 4.78 is 6.07. The van der Waals surface area contributed by atoms with Crippen LogP contribution in [0.1, 0.15) is 27.7 Å². The van der Waals surface area contributed by atoms with Crippen molar-refractivity contribution in [3.8, 4) is 0 Å². The molecule has 0 rings (SSSR count). The minimum Gasteiger partial charge on any atom is -0.500 e. The minimum atomic E-state index is -0.935. The molecule has 15 heavy (non-hydrogen) atoms. The van der Waals surface area contributed by atoms with Crippen molar-refractivity contribution < 1.29 is 3.79 Å². The van der Waals surface area contributed by atoms with Gasteiger partial charge in [-0.25, -0.2) is 0 Å². The number of rotatable bonds is 8. The number of nitrogens with zero attached hydrogens (tertiary/aromatic N) is 1. The molecule has 0 atom stereocenters. The first-order chi connectivity index (χ1) is 6.91. The van der Waals surface area contributed by atoms with Crippen LogP contribution >= 0.6 is 0 Å². The van der Waals surface area contributed by atoms with Crippen LogP contribution in [0.2, 0.25) is 10.6 Å². The van der Waals surface area contributed by atoms with E-state index < -0.39 is 14.5 Å². The first-order valence-corrected chi connectivity index (χ1v) is 8.28. The monoisotopic (exact) mass is 229 g/mol. The van der Waals surface area contributed by atoms with Crippen molar-refractivity contribution in [3.63, 3.8) is 0 Å². The maximum atomic E-state index is 6.07. The average Bonchev–Trinajstić information content (AvgIpc) is 2.00. The lowest BCUT2D eigenvalue weighted by molar-refractivity contribution is 0.257. The standard InChI is InChI=1S/C4H10NO.2C4H9.Al/c1-5(2)3-4-6;2*1-4(2)3;/h3-4H2,1-2H3;2*4H,1H2,2-3H3;/q-1;;;+1. The molecule has 0 saturated heterocycles. The highest BCUT2D eigenvalue weighted by Crippen LogP contribution is 2.15. The quantitative estimate of drug-likeness (QED) is 0.593. The summed E-state index contributed by atoms with van der Waals surface area (Å²) in [5, 5.41) is 2.65. The molecule has 0 unspecified atom stereocenters. The molecule has 0 N–H and O–H groups in total. The predicted octanol–water partition coefficient (Wildman–Crippen LogP) is 2.87. The highest BCUT2D eigenvalue weighted by molar-refractivity contribution is 6.51. The highest BCUT2D eigenvalue weighted by Gasteiger charge is 2.22. The minimum absolute atomic E-state index is 0.791. The van der Waals surface area contributed by atoms with Gasteiger partial charge in [0, 0.05) is 13.2 Å². The Morgan fingerprint density at radius 1 is 1.00 bits per heavy atom. The second-order valence-electron chi connectivity index (χ2n) is 5.56. The first-order valence-electron chi connectivity index (χ1n) is 6.18. The zero-order valence-corrected chi connectivity index (χ0v) is 12.6. The molecule has 0 heterocycles. The zero-order valence-electron chi connectivity index (χ0n) is 11.4. The summed E-state index contributed by atoms with van der Waals surface area (Å²) in [6.45, 7) is 11.2. The molecule has 0 aromatic rings. The van der Waals surface area contributed by atoms with E-state index in [9.17, 15) is 0 Å². The van der Waals surface area contributed by atoms with E-state index in [0.717, 1.165) is 25.0 Å². The van der Waals surface area contributed by atoms with Gasteiger partial charge in [-0.3, -0.25) is 0 Å². The summed E-state index contributed by atoms with van der Waals surface area (Å²) in [7, 11) is 4.20. The van der Waals surface area contributed by atoms with E-state index in [1.807, 2.05) is 0 Å². The van der Waals surface area contributed by atoms with Crippen molar-refractivity contribution in [2.75, 3.05) is 27.2 Å². The second-order valence-corrected chi connectivity index (χ2v) is 8.08. The van der Waals surface area contributed by atoms with Crippen LogP contribution in [0.15, 0.2) is 0 Å². The molecule has 0 radical (unpaired) electrons. The van der Waals surface area contributed by atoms with E-state index >= 15 is 0 Å². The van der Waals surface area contributed by atoms with Gasteiger partial charge in [0.05, 0.1) is 0 Å². The molecule has 0 aliphatic carbocycles. The Hall–Kier alpha value is 0.452. The van der Waals surface area contributed by atoms with Gasteiger partial charge >= 0.3 is 14.5 Å². The van der Waals surface area contributed by atoms with Crippen LogP contribution in [-0.4, -0.2) is 46.6 Å². The van der Waals surface area contributed by atoms with Crippen molar-refractivity contribution in [2.45, 2.75) is 38.3 Å². The third kappa shape index (κ3) is 10.7. The van der Waals surface area contributed by atoms with E-state index in [1.165, 1.54) is 10.6 Å². The van der Waals surface area contributed by atoms with Crippen LogP contribution in [0, 0.1) is 11.8 Å². The third-order valence-electron chi connectivity index (χ3n) is 2.36. The lowest BCUT2D eigenvalue weighted by Gasteiger charge is -2.18. The van der Waals surface area contributed by atoms with Crippen molar-refractivity contribution >= 4 is 14.5 Å². The topological polar surface area (TPSA) is 12.5 Å². The van der Waals surface area contributed by atoms with Crippen molar-refractivity contribution in [2.24, 2.45) is 11.8 Å². The molecule has 3 heteroatoms. The molecule has 90 valence electrons. The van der Waals surface area contributed by atoms with Gasteiger partial charge in [0.2, 0.25) is 0 Å². The molecule has 2 nitrogen and oxygen atoms in total. The van der Waals surface area contributed by atoms with Gasteiger partial charge in [-0.15, -0.1) is 0 Å². The Morgan fingerprint density at radius 3 is 1.80 bits per heavy atom. The van der Waals surface area contributed by atoms with Crippen molar-refractivity contribution in [1.29, 1.82) is 0 Å². The van der Waals surface area contributed by atoms with Gasteiger partial charge in [-0.05, 0) is 14.1 Å². The molecular weight excluding hydrogens is 201 g/mol. The second kappa shape index (κ2) is 8.59. The van der Waals surface area contributed by atoms with Gasteiger partial charge in [0.15, 0.2) is 0 Å². The third-order valence-corrected chi connectivity index (χ3v) is 6.00. The molecule has 0 spiro atoms. The molecule has 0 aromatic heterocycles. The van der Waals surface area contributed by atoms with Gasteiger partial charge < -0.3 is 8.69 Å². The molecule has 0 aromatic carbocycles. The van der Waals surface area contributed by atoms with Crippen LogP contribution in [0.5, 0.6) is 0 Å². The number of likely N-dealkylation sites (N-methyl/N-ethyl adjacent to an activating group) is 1. The van der Waals surface area contributed by atoms with Crippen molar-refractivity contribution in [1.82, 2.24) is 4.90 Å². The summed E-state index contributed by atoms with van der Waals surface area (Å²) in [6.07, 6.45) is 0. The van der Waals surface area contributed by atoms with Crippen LogP contribution in [0.3, 0.4) is 0 Å². The Labute approximate surface area is 101 Å². The maximum absolute atomic E-state index is 6.07. The predicted molar refractivity (Wildman–Crippen MR) is 69.6 cm³/mol. The van der Waals surface area contributed by atoms with Crippen LogP contribution in [-0.2, 0) is 3.79 Å².